The van der Waals surface area contributed by atoms with Crippen LogP contribution in [-0.2, 0) is 6.67 Å². The zero-order valence-electron chi connectivity index (χ0n) is 18.4. The Bertz CT molecular complexity index is 1100. The quantitative estimate of drug-likeness (QED) is 0.462. The first-order chi connectivity index (χ1) is 15.7. The van der Waals surface area contributed by atoms with Crippen LogP contribution in [0.15, 0.2) is 48.8 Å². The van der Waals surface area contributed by atoms with Crippen LogP contribution < -0.4 is 9.47 Å². The number of aromatic nitrogens is 4. The highest BCUT2D eigenvalue weighted by Crippen LogP contribution is 2.38. The van der Waals surface area contributed by atoms with Gasteiger partial charge in [-0.05, 0) is 69.1 Å². The van der Waals surface area contributed by atoms with Crippen LogP contribution in [0.3, 0.4) is 0 Å². The average molecular weight is 452 g/mol. The van der Waals surface area contributed by atoms with Gasteiger partial charge in [0.25, 0.3) is 0 Å². The van der Waals surface area contributed by atoms with E-state index >= 15 is 0 Å². The minimum atomic E-state index is 0.191. The third-order valence-corrected chi connectivity index (χ3v) is 6.42. The van der Waals surface area contributed by atoms with Gasteiger partial charge in [0.2, 0.25) is 0 Å². The summed E-state index contributed by atoms with van der Waals surface area (Å²) >= 11 is 5.82. The molecule has 0 atom stereocenters. The lowest BCUT2D eigenvalue weighted by Crippen LogP contribution is -2.39. The van der Waals surface area contributed by atoms with E-state index in [2.05, 4.69) is 20.5 Å². The van der Waals surface area contributed by atoms with E-state index in [9.17, 15) is 0 Å². The van der Waals surface area contributed by atoms with Crippen molar-refractivity contribution in [2.75, 3.05) is 19.7 Å². The Hall–Kier alpha value is -2.71. The second kappa shape index (κ2) is 9.42. The van der Waals surface area contributed by atoms with E-state index in [4.69, 9.17) is 26.8 Å². The molecule has 0 spiro atoms. The topological polar surface area (TPSA) is 57.3 Å². The second-order valence-electron chi connectivity index (χ2n) is 8.41. The van der Waals surface area contributed by atoms with Gasteiger partial charge in [-0.1, -0.05) is 12.1 Å². The lowest BCUT2D eigenvalue weighted by Gasteiger charge is -2.32. The lowest BCUT2D eigenvalue weighted by molar-refractivity contribution is 0.0778. The molecule has 1 aliphatic heterocycles. The summed E-state index contributed by atoms with van der Waals surface area (Å²) in [4.78, 5) is 6.67. The predicted molar refractivity (Wildman–Crippen MR) is 125 cm³/mol. The molecule has 5 rings (SSSR count). The standard InChI is InChI=1S/C24H29N5O2S/c1-2-30-21-7-3-4-8-22(21)31-20-11-14-27(15-12-20)17-28-24(32)29(19-9-10-19)23(26-28)18-6-5-13-25-16-18/h3-8,13,16,19-20H,2,9-12,14-15,17H2,1H3. The van der Waals surface area contributed by atoms with E-state index in [1.54, 1.807) is 6.20 Å². The molecular formula is C24H29N5O2S. The molecule has 2 aliphatic rings. The van der Waals surface area contributed by atoms with Crippen LogP contribution in [0.2, 0.25) is 0 Å². The molecule has 0 bridgehead atoms. The minimum Gasteiger partial charge on any atom is -0.490 e. The van der Waals surface area contributed by atoms with Gasteiger partial charge >= 0.3 is 0 Å². The Morgan fingerprint density at radius 1 is 1.03 bits per heavy atom. The molecule has 1 aliphatic carbocycles. The third kappa shape index (κ3) is 4.56. The van der Waals surface area contributed by atoms with Crippen LogP contribution in [0.4, 0.5) is 0 Å². The summed E-state index contributed by atoms with van der Waals surface area (Å²) in [6, 6.07) is 12.4. The molecule has 1 aromatic carbocycles. The van der Waals surface area contributed by atoms with E-state index in [0.29, 0.717) is 19.3 Å². The average Bonchev–Trinajstić information content (AvgIpc) is 3.61. The highest BCUT2D eigenvalue weighted by molar-refractivity contribution is 7.71. The van der Waals surface area contributed by atoms with E-state index in [1.165, 1.54) is 12.8 Å². The summed E-state index contributed by atoms with van der Waals surface area (Å²) in [6.07, 6.45) is 8.10. The first kappa shape index (κ1) is 21.2. The van der Waals surface area contributed by atoms with Gasteiger partial charge in [0.1, 0.15) is 6.10 Å². The van der Waals surface area contributed by atoms with Crippen molar-refractivity contribution in [3.8, 4) is 22.9 Å². The summed E-state index contributed by atoms with van der Waals surface area (Å²) in [7, 11) is 0. The number of likely N-dealkylation sites (tertiary alicyclic amines) is 1. The molecule has 32 heavy (non-hydrogen) atoms. The Morgan fingerprint density at radius 2 is 1.81 bits per heavy atom. The van der Waals surface area contributed by atoms with E-state index in [0.717, 1.165) is 53.6 Å². The van der Waals surface area contributed by atoms with Gasteiger partial charge in [0.15, 0.2) is 22.1 Å². The predicted octanol–water partition coefficient (Wildman–Crippen LogP) is 4.71. The zero-order valence-corrected chi connectivity index (χ0v) is 19.2. The maximum atomic E-state index is 6.28. The largest absolute Gasteiger partial charge is 0.490 e. The molecule has 168 valence electrons. The summed E-state index contributed by atoms with van der Waals surface area (Å²) in [5, 5.41) is 4.90. The Morgan fingerprint density at radius 3 is 2.50 bits per heavy atom. The highest BCUT2D eigenvalue weighted by atomic mass is 32.1. The maximum Gasteiger partial charge on any atom is 0.199 e. The van der Waals surface area contributed by atoms with E-state index in [1.807, 2.05) is 48.1 Å². The van der Waals surface area contributed by atoms with Gasteiger partial charge in [-0.2, -0.15) is 5.10 Å². The molecule has 7 nitrogen and oxygen atoms in total. The molecule has 2 aromatic heterocycles. The van der Waals surface area contributed by atoms with E-state index < -0.39 is 0 Å². The van der Waals surface area contributed by atoms with Gasteiger partial charge < -0.3 is 9.47 Å². The maximum absolute atomic E-state index is 6.28. The number of nitrogens with zero attached hydrogens (tertiary/aromatic N) is 5. The summed E-state index contributed by atoms with van der Waals surface area (Å²) in [5.74, 6) is 2.58. The smallest absolute Gasteiger partial charge is 0.199 e. The summed E-state index contributed by atoms with van der Waals surface area (Å²) in [6.45, 7) is 5.22. The monoisotopic (exact) mass is 451 g/mol. The molecule has 1 saturated heterocycles. The van der Waals surface area contributed by atoms with Crippen LogP contribution in [0.5, 0.6) is 11.5 Å². The van der Waals surface area contributed by atoms with Crippen LogP contribution in [-0.4, -0.2) is 50.0 Å². The summed E-state index contributed by atoms with van der Waals surface area (Å²) < 4.78 is 17.0. The Balaban J connectivity index is 1.25. The van der Waals surface area contributed by atoms with Crippen molar-refractivity contribution in [1.82, 2.24) is 24.2 Å². The van der Waals surface area contributed by atoms with E-state index in [-0.39, 0.29) is 6.10 Å². The number of piperidine rings is 1. The molecule has 0 N–H and O–H groups in total. The molecule has 2 fully saturated rings. The van der Waals surface area contributed by atoms with Crippen molar-refractivity contribution < 1.29 is 9.47 Å². The molecule has 8 heteroatoms. The number of hydrogen-bond donors (Lipinski definition) is 0. The van der Waals surface area contributed by atoms with Crippen molar-refractivity contribution in [2.45, 2.75) is 51.4 Å². The minimum absolute atomic E-state index is 0.191. The van der Waals surface area contributed by atoms with Gasteiger partial charge in [-0.3, -0.25) is 14.5 Å². The van der Waals surface area contributed by atoms with Crippen LogP contribution in [0.25, 0.3) is 11.4 Å². The molecule has 3 aromatic rings. The number of benzene rings is 1. The second-order valence-corrected chi connectivity index (χ2v) is 8.77. The molecular weight excluding hydrogens is 422 g/mol. The molecule has 3 heterocycles. The normalized spacial score (nSPS) is 17.4. The van der Waals surface area contributed by atoms with Crippen molar-refractivity contribution in [3.63, 3.8) is 0 Å². The van der Waals surface area contributed by atoms with Crippen molar-refractivity contribution in [3.05, 3.63) is 53.6 Å². The van der Waals surface area contributed by atoms with Crippen molar-refractivity contribution in [1.29, 1.82) is 0 Å². The fourth-order valence-corrected chi connectivity index (χ4v) is 4.56. The highest BCUT2D eigenvalue weighted by Gasteiger charge is 2.30. The molecule has 1 saturated carbocycles. The molecule has 0 unspecified atom stereocenters. The van der Waals surface area contributed by atoms with Crippen molar-refractivity contribution >= 4 is 12.2 Å². The molecule has 0 amide bonds. The van der Waals surface area contributed by atoms with Crippen LogP contribution >= 0.6 is 12.2 Å². The van der Waals surface area contributed by atoms with Gasteiger partial charge in [-0.25, -0.2) is 4.68 Å². The number of pyridine rings is 1. The fraction of sp³-hybridized carbons (Fsp3) is 0.458. The number of para-hydroxylation sites is 2. The lowest BCUT2D eigenvalue weighted by atomic mass is 10.1. The van der Waals surface area contributed by atoms with Crippen molar-refractivity contribution in [2.24, 2.45) is 0 Å². The van der Waals surface area contributed by atoms with Gasteiger partial charge in [0.05, 0.1) is 13.3 Å². The molecule has 0 radical (unpaired) electrons. The number of rotatable bonds is 8. The fourth-order valence-electron chi connectivity index (χ4n) is 4.23. The Kier molecular flexibility index (Phi) is 6.23. The SMILES string of the molecule is CCOc1ccccc1OC1CCN(Cn2nc(-c3cccnc3)n(C3CC3)c2=S)CC1. The first-order valence-electron chi connectivity index (χ1n) is 11.4. The van der Waals surface area contributed by atoms with Crippen LogP contribution in [0, 0.1) is 4.77 Å². The number of hydrogen-bond acceptors (Lipinski definition) is 6. The van der Waals surface area contributed by atoms with Gasteiger partial charge in [-0.15, -0.1) is 0 Å². The van der Waals surface area contributed by atoms with Gasteiger partial charge in [0, 0.05) is 37.1 Å². The third-order valence-electron chi connectivity index (χ3n) is 6.01. The van der Waals surface area contributed by atoms with Crippen LogP contribution in [0.1, 0.15) is 38.6 Å². The zero-order chi connectivity index (χ0) is 21.9. The number of ether oxygens (including phenoxy) is 2. The first-order valence-corrected chi connectivity index (χ1v) is 11.8. The summed E-state index contributed by atoms with van der Waals surface area (Å²) in [5.41, 5.74) is 1.02. The Labute approximate surface area is 193 Å².